The minimum absolute atomic E-state index is 0.196. The number of amides is 2. The zero-order chi connectivity index (χ0) is 13.4. The smallest absolute Gasteiger partial charge is 0.314 e. The minimum atomic E-state index is -0.823. The van der Waals surface area contributed by atoms with Crippen molar-refractivity contribution in [1.29, 1.82) is 0 Å². The van der Waals surface area contributed by atoms with Gasteiger partial charge in [-0.25, -0.2) is 4.79 Å². The lowest BCUT2D eigenvalue weighted by Gasteiger charge is -2.21. The van der Waals surface area contributed by atoms with Crippen LogP contribution in [0.25, 0.3) is 0 Å². The molecular formula is C12H22N2O3S. The van der Waals surface area contributed by atoms with Crippen molar-refractivity contribution in [3.8, 4) is 0 Å². The van der Waals surface area contributed by atoms with Crippen LogP contribution in [0.1, 0.15) is 32.6 Å². The number of hydrogen-bond donors (Lipinski definition) is 3. The van der Waals surface area contributed by atoms with Gasteiger partial charge in [0.2, 0.25) is 0 Å². The van der Waals surface area contributed by atoms with Gasteiger partial charge in [-0.05, 0) is 25.0 Å². The Bertz CT molecular complexity index is 280. The SMILES string of the molecule is CC(CCNC(=O)NCC1CCCCS1)C(=O)O. The highest BCUT2D eigenvalue weighted by molar-refractivity contribution is 7.99. The summed E-state index contributed by atoms with van der Waals surface area (Å²) in [5, 5.41) is 14.7. The molecule has 18 heavy (non-hydrogen) atoms. The molecule has 0 saturated carbocycles. The molecule has 0 aromatic carbocycles. The molecule has 5 nitrogen and oxygen atoms in total. The van der Waals surface area contributed by atoms with Crippen molar-refractivity contribution in [2.24, 2.45) is 5.92 Å². The van der Waals surface area contributed by atoms with E-state index >= 15 is 0 Å². The van der Waals surface area contributed by atoms with E-state index in [4.69, 9.17) is 5.11 Å². The highest BCUT2D eigenvalue weighted by Gasteiger charge is 2.15. The van der Waals surface area contributed by atoms with Crippen LogP contribution in [0.4, 0.5) is 4.79 Å². The number of carbonyl (C=O) groups is 2. The van der Waals surface area contributed by atoms with E-state index in [1.54, 1.807) is 6.92 Å². The quantitative estimate of drug-likeness (QED) is 0.688. The standard InChI is InChI=1S/C12H22N2O3S/c1-9(11(15)16)5-6-13-12(17)14-8-10-4-2-3-7-18-10/h9-10H,2-8H2,1H3,(H,15,16)(H2,13,14,17). The van der Waals surface area contributed by atoms with Crippen LogP contribution in [0.3, 0.4) is 0 Å². The van der Waals surface area contributed by atoms with Gasteiger partial charge >= 0.3 is 12.0 Å². The predicted molar refractivity (Wildman–Crippen MR) is 72.9 cm³/mol. The van der Waals surface area contributed by atoms with Crippen molar-refractivity contribution >= 4 is 23.8 Å². The molecule has 6 heteroatoms. The molecule has 1 saturated heterocycles. The molecule has 2 atom stereocenters. The molecule has 1 aliphatic heterocycles. The number of carboxylic acid groups (broad SMARTS) is 1. The van der Waals surface area contributed by atoms with Crippen LogP contribution in [0, 0.1) is 5.92 Å². The van der Waals surface area contributed by atoms with Crippen molar-refractivity contribution in [1.82, 2.24) is 10.6 Å². The lowest BCUT2D eigenvalue weighted by atomic mass is 10.1. The molecule has 2 unspecified atom stereocenters. The van der Waals surface area contributed by atoms with E-state index in [9.17, 15) is 9.59 Å². The van der Waals surface area contributed by atoms with E-state index in [-0.39, 0.29) is 6.03 Å². The average Bonchev–Trinajstić information content (AvgIpc) is 2.37. The Morgan fingerprint density at radius 3 is 2.78 bits per heavy atom. The van der Waals surface area contributed by atoms with Gasteiger partial charge in [0.15, 0.2) is 0 Å². The number of carboxylic acids is 1. The first kappa shape index (κ1) is 15.1. The van der Waals surface area contributed by atoms with Crippen LogP contribution in [0.15, 0.2) is 0 Å². The Kier molecular flexibility index (Phi) is 6.93. The Labute approximate surface area is 112 Å². The molecule has 0 aliphatic carbocycles. The van der Waals surface area contributed by atoms with Crippen molar-refractivity contribution < 1.29 is 14.7 Å². The van der Waals surface area contributed by atoms with Crippen molar-refractivity contribution in [3.63, 3.8) is 0 Å². The molecular weight excluding hydrogens is 252 g/mol. The second kappa shape index (κ2) is 8.24. The molecule has 104 valence electrons. The Balaban J connectivity index is 2.04. The van der Waals surface area contributed by atoms with Crippen LogP contribution in [0.2, 0.25) is 0 Å². The molecule has 0 aromatic rings. The van der Waals surface area contributed by atoms with Gasteiger partial charge in [0, 0.05) is 18.3 Å². The van der Waals surface area contributed by atoms with Gasteiger partial charge < -0.3 is 15.7 Å². The first-order valence-electron chi connectivity index (χ1n) is 6.45. The van der Waals surface area contributed by atoms with Gasteiger partial charge in [0.25, 0.3) is 0 Å². The van der Waals surface area contributed by atoms with Gasteiger partial charge in [-0.15, -0.1) is 0 Å². The topological polar surface area (TPSA) is 78.4 Å². The fraction of sp³-hybridized carbons (Fsp3) is 0.833. The highest BCUT2D eigenvalue weighted by atomic mass is 32.2. The summed E-state index contributed by atoms with van der Waals surface area (Å²) in [5.74, 6) is -0.0561. The lowest BCUT2D eigenvalue weighted by Crippen LogP contribution is -2.40. The van der Waals surface area contributed by atoms with E-state index in [1.165, 1.54) is 25.0 Å². The Hall–Kier alpha value is -0.910. The van der Waals surface area contributed by atoms with Gasteiger partial charge in [-0.2, -0.15) is 11.8 Å². The third-order valence-corrected chi connectivity index (χ3v) is 4.45. The summed E-state index contributed by atoms with van der Waals surface area (Å²) >= 11 is 1.92. The van der Waals surface area contributed by atoms with E-state index in [0.29, 0.717) is 24.8 Å². The predicted octanol–water partition coefficient (Wildman–Crippen LogP) is 1.68. The number of hydrogen-bond acceptors (Lipinski definition) is 3. The fourth-order valence-electron chi connectivity index (χ4n) is 1.76. The van der Waals surface area contributed by atoms with Crippen molar-refractivity contribution in [2.45, 2.75) is 37.9 Å². The lowest BCUT2D eigenvalue weighted by molar-refractivity contribution is -0.141. The van der Waals surface area contributed by atoms with Crippen LogP contribution >= 0.6 is 11.8 Å². The first-order chi connectivity index (χ1) is 8.59. The molecule has 2 amide bonds. The Morgan fingerprint density at radius 2 is 2.17 bits per heavy atom. The van der Waals surface area contributed by atoms with Crippen LogP contribution in [-0.4, -0.2) is 41.2 Å². The number of urea groups is 1. The van der Waals surface area contributed by atoms with Crippen LogP contribution < -0.4 is 10.6 Å². The monoisotopic (exact) mass is 274 g/mol. The van der Waals surface area contributed by atoms with Crippen LogP contribution in [-0.2, 0) is 4.79 Å². The summed E-state index contributed by atoms with van der Waals surface area (Å²) in [5.41, 5.74) is 0. The molecule has 1 fully saturated rings. The van der Waals surface area contributed by atoms with Gasteiger partial charge in [0.1, 0.15) is 0 Å². The van der Waals surface area contributed by atoms with E-state index in [1.807, 2.05) is 11.8 Å². The van der Waals surface area contributed by atoms with E-state index < -0.39 is 11.9 Å². The van der Waals surface area contributed by atoms with Gasteiger partial charge in [0.05, 0.1) is 5.92 Å². The van der Waals surface area contributed by atoms with Crippen LogP contribution in [0.5, 0.6) is 0 Å². The maximum atomic E-state index is 11.5. The maximum Gasteiger partial charge on any atom is 0.314 e. The zero-order valence-electron chi connectivity index (χ0n) is 10.8. The Morgan fingerprint density at radius 1 is 1.39 bits per heavy atom. The molecule has 1 heterocycles. The molecule has 0 radical (unpaired) electrons. The zero-order valence-corrected chi connectivity index (χ0v) is 11.6. The third-order valence-electron chi connectivity index (χ3n) is 3.05. The summed E-state index contributed by atoms with van der Waals surface area (Å²) in [7, 11) is 0. The summed E-state index contributed by atoms with van der Waals surface area (Å²) in [6, 6.07) is -0.196. The summed E-state index contributed by atoms with van der Waals surface area (Å²) in [6.07, 6.45) is 4.15. The molecule has 1 rings (SSSR count). The summed E-state index contributed by atoms with van der Waals surface area (Å²) in [4.78, 5) is 22.0. The normalized spacial score (nSPS) is 21.1. The summed E-state index contributed by atoms with van der Waals surface area (Å²) < 4.78 is 0. The highest BCUT2D eigenvalue weighted by Crippen LogP contribution is 2.24. The second-order valence-electron chi connectivity index (χ2n) is 4.65. The molecule has 1 aliphatic rings. The molecule has 0 spiro atoms. The number of rotatable bonds is 6. The second-order valence-corrected chi connectivity index (χ2v) is 6.06. The number of nitrogens with one attached hydrogen (secondary N) is 2. The van der Waals surface area contributed by atoms with E-state index in [0.717, 1.165) is 0 Å². The van der Waals surface area contributed by atoms with E-state index in [2.05, 4.69) is 10.6 Å². The molecule has 0 aromatic heterocycles. The fourth-order valence-corrected chi connectivity index (χ4v) is 3.00. The third kappa shape index (κ3) is 6.14. The summed E-state index contributed by atoms with van der Waals surface area (Å²) in [6.45, 7) is 2.74. The number of thioether (sulfide) groups is 1. The average molecular weight is 274 g/mol. The van der Waals surface area contributed by atoms with Crippen molar-refractivity contribution in [2.75, 3.05) is 18.8 Å². The number of aliphatic carboxylic acids is 1. The number of carbonyl (C=O) groups excluding carboxylic acids is 1. The van der Waals surface area contributed by atoms with Crippen molar-refractivity contribution in [3.05, 3.63) is 0 Å². The molecule has 3 N–H and O–H groups in total. The minimum Gasteiger partial charge on any atom is -0.481 e. The largest absolute Gasteiger partial charge is 0.481 e. The maximum absolute atomic E-state index is 11.5. The molecule has 0 bridgehead atoms. The van der Waals surface area contributed by atoms with Gasteiger partial charge in [-0.1, -0.05) is 13.3 Å². The first-order valence-corrected chi connectivity index (χ1v) is 7.50. The van der Waals surface area contributed by atoms with Gasteiger partial charge in [-0.3, -0.25) is 4.79 Å².